The van der Waals surface area contributed by atoms with Gasteiger partial charge in [-0.15, -0.1) is 12.6 Å². The van der Waals surface area contributed by atoms with E-state index in [9.17, 15) is 4.79 Å². The Morgan fingerprint density at radius 3 is 2.35 bits per heavy atom. The Hall–Kier alpha value is -1.67. The molecule has 0 bridgehead atoms. The van der Waals surface area contributed by atoms with Gasteiger partial charge in [0, 0.05) is 10.6 Å². The third kappa shape index (κ3) is 9.14. The van der Waals surface area contributed by atoms with Gasteiger partial charge in [0.1, 0.15) is 5.82 Å². The molecule has 0 unspecified atom stereocenters. The second-order valence-corrected chi connectivity index (χ2v) is 5.26. The van der Waals surface area contributed by atoms with Crippen molar-refractivity contribution in [1.82, 2.24) is 15.3 Å². The summed E-state index contributed by atoms with van der Waals surface area (Å²) in [7, 11) is 3.75. The predicted molar refractivity (Wildman–Crippen MR) is 106 cm³/mol. The summed E-state index contributed by atoms with van der Waals surface area (Å²) in [5.41, 5.74) is 6.18. The Labute approximate surface area is 174 Å². The fourth-order valence-electron chi connectivity index (χ4n) is 1.61. The van der Waals surface area contributed by atoms with Crippen LogP contribution in [0.3, 0.4) is 0 Å². The van der Waals surface area contributed by atoms with Gasteiger partial charge in [-0.1, -0.05) is 6.92 Å². The van der Waals surface area contributed by atoms with Crippen molar-refractivity contribution in [3.05, 3.63) is 48.9 Å². The predicted octanol–water partition coefficient (Wildman–Crippen LogP) is 3.14. The van der Waals surface area contributed by atoms with Gasteiger partial charge in [-0.05, 0) is 38.4 Å². The summed E-state index contributed by atoms with van der Waals surface area (Å²) in [6, 6.07) is 7.31. The molecule has 0 saturated carbocycles. The molecule has 10 heteroatoms. The van der Waals surface area contributed by atoms with Gasteiger partial charge in [0.2, 0.25) is 0 Å². The number of hydrogen-bond donors (Lipinski definition) is 5. The largest absolute Gasteiger partial charge is 2.00 e. The Morgan fingerprint density at radius 1 is 1.27 bits per heavy atom. The van der Waals surface area contributed by atoms with Crippen molar-refractivity contribution in [1.29, 1.82) is 0 Å². The van der Waals surface area contributed by atoms with E-state index in [4.69, 9.17) is 5.73 Å². The molecule has 0 fully saturated rings. The molecule has 0 saturated heterocycles. The Morgan fingerprint density at radius 2 is 1.85 bits per heavy atom. The second-order valence-electron chi connectivity index (χ2n) is 4.75. The maximum Gasteiger partial charge on any atom is 2.00 e. The summed E-state index contributed by atoms with van der Waals surface area (Å²) in [5, 5.41) is 8.78. The summed E-state index contributed by atoms with van der Waals surface area (Å²) in [5.74, 6) is 0.209. The molecule has 2 rings (SSSR count). The molecular weight excluding hydrogens is 522 g/mol. The molecule has 0 radical (unpaired) electrons. The van der Waals surface area contributed by atoms with Crippen LogP contribution in [0, 0.1) is 6.54 Å². The van der Waals surface area contributed by atoms with E-state index in [0.717, 1.165) is 17.0 Å². The minimum atomic E-state index is -0.637. The fourth-order valence-corrected chi connectivity index (χ4v) is 1.76. The number of nitrogens with two attached hydrogens (primary N) is 2. The van der Waals surface area contributed by atoms with E-state index in [2.05, 4.69) is 38.5 Å². The van der Waals surface area contributed by atoms with Gasteiger partial charge in [0.25, 0.3) is 5.91 Å². The van der Waals surface area contributed by atoms with Crippen LogP contribution in [-0.4, -0.2) is 30.0 Å². The third-order valence-corrected chi connectivity index (χ3v) is 2.89. The summed E-state index contributed by atoms with van der Waals surface area (Å²) < 4.78 is 0. The summed E-state index contributed by atoms with van der Waals surface area (Å²) in [4.78, 5) is 20.6. The fraction of sp³-hybridized carbons (Fsp3) is 0.250. The number of amides is 1. The zero-order valence-electron chi connectivity index (χ0n) is 15.0. The number of thiol groups is 1. The first-order chi connectivity index (χ1) is 11.5. The summed E-state index contributed by atoms with van der Waals surface area (Å²) in [6.45, 7) is 3.84. The van der Waals surface area contributed by atoms with Crippen LogP contribution in [-0.2, 0) is 21.1 Å². The van der Waals surface area contributed by atoms with E-state index in [0.29, 0.717) is 11.6 Å². The van der Waals surface area contributed by atoms with E-state index in [1.54, 1.807) is 0 Å². The number of rotatable bonds is 6. The molecule has 26 heavy (non-hydrogen) atoms. The van der Waals surface area contributed by atoms with Crippen LogP contribution in [0.1, 0.15) is 23.8 Å². The number of benzene rings is 1. The van der Waals surface area contributed by atoms with Gasteiger partial charge in [0.15, 0.2) is 11.5 Å². The number of anilines is 3. The van der Waals surface area contributed by atoms with E-state index in [1.165, 1.54) is 6.20 Å². The first kappa shape index (κ1) is 26.6. The average Bonchev–Trinajstić information content (AvgIpc) is 2.56. The molecule has 8 nitrogen and oxygen atoms in total. The smallest absolute Gasteiger partial charge is 0.693 e. The van der Waals surface area contributed by atoms with Crippen molar-refractivity contribution >= 4 is 35.9 Å². The van der Waals surface area contributed by atoms with Crippen LogP contribution < -0.4 is 21.7 Å². The molecule has 1 amide bonds. The number of nitrogens with one attached hydrogen (secondary N) is 3. The Kier molecular flexibility index (Phi) is 14.8. The van der Waals surface area contributed by atoms with Gasteiger partial charge in [0.05, 0.1) is 6.20 Å². The minimum Gasteiger partial charge on any atom is -0.693 e. The van der Waals surface area contributed by atoms with Crippen molar-refractivity contribution in [3.8, 4) is 0 Å². The topological polar surface area (TPSA) is 138 Å². The molecule has 1 heterocycles. The molecule has 0 aliphatic carbocycles. The molecule has 1 aromatic carbocycles. The first-order valence-corrected chi connectivity index (χ1v) is 7.86. The number of primary amides is 1. The van der Waals surface area contributed by atoms with Crippen LogP contribution >= 0.6 is 12.6 Å². The molecule has 7 N–H and O–H groups in total. The van der Waals surface area contributed by atoms with Crippen LogP contribution in [0.15, 0.2) is 35.4 Å². The maximum absolute atomic E-state index is 11.4. The van der Waals surface area contributed by atoms with Crippen molar-refractivity contribution < 1.29 is 25.9 Å². The maximum atomic E-state index is 11.4. The Bertz CT molecular complexity index is 656. The molecule has 142 valence electrons. The second kappa shape index (κ2) is 14.5. The van der Waals surface area contributed by atoms with Crippen molar-refractivity contribution in [2.75, 3.05) is 24.7 Å². The molecule has 2 aromatic rings. The monoisotopic (exact) mass is 547 g/mol. The first-order valence-electron chi connectivity index (χ1n) is 7.41. The Balaban J connectivity index is 0. The van der Waals surface area contributed by atoms with Gasteiger partial charge >= 0.3 is 21.1 Å². The van der Waals surface area contributed by atoms with Crippen LogP contribution in [0.5, 0.6) is 0 Å². The van der Waals surface area contributed by atoms with Crippen LogP contribution in [0.25, 0.3) is 6.15 Å². The molecule has 1 aromatic heterocycles. The molecule has 0 atom stereocenters. The average molecular weight is 547 g/mol. The normalized spacial score (nSPS) is 8.92. The van der Waals surface area contributed by atoms with Crippen molar-refractivity contribution in [2.45, 2.75) is 18.2 Å². The van der Waals surface area contributed by atoms with Crippen LogP contribution in [0.2, 0.25) is 0 Å². The van der Waals surface area contributed by atoms with E-state index in [-0.39, 0.29) is 32.9 Å². The zero-order chi connectivity index (χ0) is 17.9. The van der Waals surface area contributed by atoms with Gasteiger partial charge in [-0.3, -0.25) is 4.79 Å². The SMILES string of the molecule is CC[CH-]Nc1cnc(C(N)=O)c(Nc2ccc(S)cc2)n1.CNC.[NH2-].[W+2]. The quantitative estimate of drug-likeness (QED) is 0.278. The van der Waals surface area contributed by atoms with Gasteiger partial charge in [-0.2, -0.15) is 6.42 Å². The standard InChI is InChI=1S/C14H16N5OS.C2H7N.H2N.W/c1-2-7-16-11-8-17-12(13(15)20)14(19-11)18-9-3-5-10(21)6-4-9;1-3-2;;/h3-8,21H,2H2,1H3,(H2,15,20)(H2,16,18,19);3H,1-2H3;1H2;/q-1;;-1;+2. The number of hydrogen-bond acceptors (Lipinski definition) is 7. The van der Waals surface area contributed by atoms with Crippen molar-refractivity contribution in [2.24, 2.45) is 5.73 Å². The number of carbonyl (C=O) groups is 1. The van der Waals surface area contributed by atoms with E-state index in [1.807, 2.05) is 51.8 Å². The molecular formula is C16H25N7OSW. The summed E-state index contributed by atoms with van der Waals surface area (Å²) >= 11 is 4.22. The number of carbonyl (C=O) groups excluding carboxylic acids is 1. The molecule has 0 aliphatic rings. The van der Waals surface area contributed by atoms with Gasteiger partial charge < -0.3 is 27.8 Å². The number of aromatic nitrogens is 2. The van der Waals surface area contributed by atoms with Crippen molar-refractivity contribution in [3.63, 3.8) is 0 Å². The molecule has 0 spiro atoms. The zero-order valence-corrected chi connectivity index (χ0v) is 18.8. The number of nitrogens with zero attached hydrogens (tertiary/aromatic N) is 2. The van der Waals surface area contributed by atoms with E-state index < -0.39 is 5.91 Å². The van der Waals surface area contributed by atoms with E-state index >= 15 is 0 Å². The minimum absolute atomic E-state index is 0. The third-order valence-electron chi connectivity index (χ3n) is 2.59. The van der Waals surface area contributed by atoms with Gasteiger partial charge in [-0.25, -0.2) is 16.5 Å². The summed E-state index contributed by atoms with van der Waals surface area (Å²) in [6.07, 6.45) is 2.31. The molecule has 0 aliphatic heterocycles. The van der Waals surface area contributed by atoms with Crippen LogP contribution in [0.4, 0.5) is 17.3 Å².